The number of hydrogen-bond acceptors (Lipinski definition) is 6. The fourth-order valence-electron chi connectivity index (χ4n) is 2.31. The number of benzene rings is 2. The zero-order valence-electron chi connectivity index (χ0n) is 15.5. The lowest BCUT2D eigenvalue weighted by molar-refractivity contribution is -0.384. The van der Waals surface area contributed by atoms with Gasteiger partial charge in [-0.15, -0.1) is 0 Å². The van der Waals surface area contributed by atoms with Gasteiger partial charge in [0.1, 0.15) is 5.75 Å². The van der Waals surface area contributed by atoms with Gasteiger partial charge in [0, 0.05) is 23.8 Å². The molecule has 0 unspecified atom stereocenters. The lowest BCUT2D eigenvalue weighted by Gasteiger charge is -2.16. The molecule has 9 heteroatoms. The minimum absolute atomic E-state index is 0.134. The molecule has 0 saturated carbocycles. The second-order valence-electron chi connectivity index (χ2n) is 7.17. The van der Waals surface area contributed by atoms with Crippen LogP contribution in [0.4, 0.5) is 11.6 Å². The minimum Gasteiger partial charge on any atom is -0.426 e. The third-order valence-corrected chi connectivity index (χ3v) is 3.83. The van der Waals surface area contributed by atoms with Gasteiger partial charge in [0.15, 0.2) is 0 Å². The van der Waals surface area contributed by atoms with E-state index in [0.717, 1.165) is 0 Å². The van der Waals surface area contributed by atoms with E-state index in [2.05, 4.69) is 15.3 Å². The Kier molecular flexibility index (Phi) is 4.83. The molecule has 1 aromatic heterocycles. The lowest BCUT2D eigenvalue weighted by atomic mass is 9.97. The Morgan fingerprint density at radius 1 is 1.18 bits per heavy atom. The van der Waals surface area contributed by atoms with Crippen molar-refractivity contribution in [2.75, 3.05) is 5.32 Å². The standard InChI is InChI=1S/C19H18N4O5/c1-19(2,3)17(25)28-13-7-8-14-15(10-13)21-18(20-14)22-16(24)11-5-4-6-12(9-11)23(26)27/h4-10H,1-3H3,(H2,20,21,22,24). The zero-order valence-corrected chi connectivity index (χ0v) is 15.5. The number of nitrogens with one attached hydrogen (secondary N) is 2. The number of carbonyl (C=O) groups excluding carboxylic acids is 2. The molecule has 2 N–H and O–H groups in total. The molecule has 28 heavy (non-hydrogen) atoms. The van der Waals surface area contributed by atoms with Crippen molar-refractivity contribution < 1.29 is 19.2 Å². The van der Waals surface area contributed by atoms with Gasteiger partial charge in [0.05, 0.1) is 21.4 Å². The van der Waals surface area contributed by atoms with E-state index in [1.54, 1.807) is 39.0 Å². The molecule has 2 aromatic carbocycles. The van der Waals surface area contributed by atoms with E-state index < -0.39 is 16.2 Å². The maximum Gasteiger partial charge on any atom is 0.316 e. The highest BCUT2D eigenvalue weighted by Crippen LogP contribution is 2.24. The highest BCUT2D eigenvalue weighted by molar-refractivity contribution is 6.04. The number of aromatic amines is 1. The predicted molar refractivity (Wildman–Crippen MR) is 102 cm³/mol. The van der Waals surface area contributed by atoms with Gasteiger partial charge in [-0.3, -0.25) is 25.0 Å². The molecular formula is C19H18N4O5. The first-order chi connectivity index (χ1) is 13.1. The van der Waals surface area contributed by atoms with Crippen molar-refractivity contribution in [3.8, 4) is 5.75 Å². The van der Waals surface area contributed by atoms with Crippen LogP contribution >= 0.6 is 0 Å². The Morgan fingerprint density at radius 3 is 2.61 bits per heavy atom. The molecule has 144 valence electrons. The first-order valence-corrected chi connectivity index (χ1v) is 8.41. The molecule has 1 heterocycles. The SMILES string of the molecule is CC(C)(C)C(=O)Oc1ccc2[nH]c(NC(=O)c3cccc([N+](=O)[O-])c3)nc2c1. The number of carbonyl (C=O) groups is 2. The van der Waals surface area contributed by atoms with Crippen LogP contribution in [0, 0.1) is 15.5 Å². The van der Waals surface area contributed by atoms with E-state index in [0.29, 0.717) is 16.8 Å². The number of H-pyrrole nitrogens is 1. The van der Waals surface area contributed by atoms with Gasteiger partial charge >= 0.3 is 5.97 Å². The van der Waals surface area contributed by atoms with E-state index in [9.17, 15) is 19.7 Å². The number of nitrogens with zero attached hydrogens (tertiary/aromatic N) is 2. The van der Waals surface area contributed by atoms with Gasteiger partial charge in [-0.25, -0.2) is 4.98 Å². The Bertz CT molecular complexity index is 1080. The van der Waals surface area contributed by atoms with Crippen molar-refractivity contribution >= 4 is 34.5 Å². The van der Waals surface area contributed by atoms with Crippen molar-refractivity contribution in [2.45, 2.75) is 20.8 Å². The first-order valence-electron chi connectivity index (χ1n) is 8.41. The number of anilines is 1. The van der Waals surface area contributed by atoms with Crippen molar-refractivity contribution in [3.05, 3.63) is 58.1 Å². The maximum absolute atomic E-state index is 12.3. The number of aromatic nitrogens is 2. The van der Waals surface area contributed by atoms with Crippen molar-refractivity contribution in [1.82, 2.24) is 9.97 Å². The van der Waals surface area contributed by atoms with Crippen molar-refractivity contribution in [2.24, 2.45) is 5.41 Å². The molecule has 0 bridgehead atoms. The largest absolute Gasteiger partial charge is 0.426 e. The van der Waals surface area contributed by atoms with Crippen molar-refractivity contribution in [3.63, 3.8) is 0 Å². The van der Waals surface area contributed by atoms with Crippen LogP contribution in [0.2, 0.25) is 0 Å². The number of nitro benzene ring substituents is 1. The average Bonchev–Trinajstić information content (AvgIpc) is 3.02. The second kappa shape index (κ2) is 7.10. The lowest BCUT2D eigenvalue weighted by Crippen LogP contribution is -2.25. The number of rotatable bonds is 4. The van der Waals surface area contributed by atoms with Crippen LogP contribution in [0.1, 0.15) is 31.1 Å². The van der Waals surface area contributed by atoms with Gasteiger partial charge in [0.2, 0.25) is 5.95 Å². The summed E-state index contributed by atoms with van der Waals surface area (Å²) in [7, 11) is 0. The van der Waals surface area contributed by atoms with Crippen LogP contribution in [0.5, 0.6) is 5.75 Å². The summed E-state index contributed by atoms with van der Waals surface area (Å²) in [6.45, 7) is 5.26. The van der Waals surface area contributed by atoms with Crippen LogP contribution in [0.15, 0.2) is 42.5 Å². The third kappa shape index (κ3) is 4.14. The number of nitro groups is 1. The topological polar surface area (TPSA) is 127 Å². The maximum atomic E-state index is 12.3. The highest BCUT2D eigenvalue weighted by atomic mass is 16.6. The summed E-state index contributed by atoms with van der Waals surface area (Å²) in [6, 6.07) is 10.3. The van der Waals surface area contributed by atoms with E-state index in [4.69, 9.17) is 4.74 Å². The summed E-state index contributed by atoms with van der Waals surface area (Å²) < 4.78 is 5.34. The van der Waals surface area contributed by atoms with Gasteiger partial charge < -0.3 is 9.72 Å². The quantitative estimate of drug-likeness (QED) is 0.307. The number of ether oxygens (including phenoxy) is 1. The first kappa shape index (κ1) is 19.0. The van der Waals surface area contributed by atoms with Gasteiger partial charge in [0.25, 0.3) is 11.6 Å². The van der Waals surface area contributed by atoms with Crippen LogP contribution < -0.4 is 10.1 Å². The molecule has 1 amide bonds. The minimum atomic E-state index is -0.641. The van der Waals surface area contributed by atoms with Crippen LogP contribution in [0.25, 0.3) is 11.0 Å². The number of imidazole rings is 1. The zero-order chi connectivity index (χ0) is 20.5. The summed E-state index contributed by atoms with van der Waals surface area (Å²) in [6.07, 6.45) is 0. The van der Waals surface area contributed by atoms with Gasteiger partial charge in [-0.05, 0) is 39.0 Å². The molecule has 3 aromatic rings. The molecule has 3 rings (SSSR count). The van der Waals surface area contributed by atoms with E-state index in [1.807, 2.05) is 0 Å². The summed E-state index contributed by atoms with van der Waals surface area (Å²) in [5.74, 6) is -0.398. The van der Waals surface area contributed by atoms with Crippen LogP contribution in [0.3, 0.4) is 0 Å². The Morgan fingerprint density at radius 2 is 1.93 bits per heavy atom. The Hall–Kier alpha value is -3.75. The summed E-state index contributed by atoms with van der Waals surface area (Å²) in [4.78, 5) is 41.8. The molecule has 0 spiro atoms. The fourth-order valence-corrected chi connectivity index (χ4v) is 2.31. The number of amides is 1. The molecule has 0 aliphatic rings. The summed E-state index contributed by atoms with van der Waals surface area (Å²) >= 11 is 0. The van der Waals surface area contributed by atoms with Gasteiger partial charge in [-0.2, -0.15) is 0 Å². The molecule has 0 fully saturated rings. The molecule has 0 aliphatic carbocycles. The number of hydrogen-bond donors (Lipinski definition) is 2. The number of non-ortho nitro benzene ring substituents is 1. The van der Waals surface area contributed by atoms with E-state index in [1.165, 1.54) is 24.3 Å². The van der Waals surface area contributed by atoms with Crippen molar-refractivity contribution in [1.29, 1.82) is 0 Å². The highest BCUT2D eigenvalue weighted by Gasteiger charge is 2.24. The monoisotopic (exact) mass is 382 g/mol. The summed E-state index contributed by atoms with van der Waals surface area (Å²) in [5, 5.41) is 13.4. The molecule has 9 nitrogen and oxygen atoms in total. The Labute approximate surface area is 159 Å². The fraction of sp³-hybridized carbons (Fsp3) is 0.211. The smallest absolute Gasteiger partial charge is 0.316 e. The van der Waals surface area contributed by atoms with Crippen LogP contribution in [-0.4, -0.2) is 26.8 Å². The molecule has 0 aliphatic heterocycles. The Balaban J connectivity index is 1.79. The van der Waals surface area contributed by atoms with Gasteiger partial charge in [-0.1, -0.05) is 6.07 Å². The van der Waals surface area contributed by atoms with E-state index in [-0.39, 0.29) is 23.2 Å². The average molecular weight is 382 g/mol. The number of esters is 1. The number of fused-ring (bicyclic) bond motifs is 1. The van der Waals surface area contributed by atoms with E-state index >= 15 is 0 Å². The summed E-state index contributed by atoms with van der Waals surface area (Å²) in [5.41, 5.74) is 0.438. The molecule has 0 saturated heterocycles. The predicted octanol–water partition coefficient (Wildman–Crippen LogP) is 3.67. The molecular weight excluding hydrogens is 364 g/mol. The second-order valence-corrected chi connectivity index (χ2v) is 7.17. The normalized spacial score (nSPS) is 11.2. The third-order valence-electron chi connectivity index (χ3n) is 3.83. The molecule has 0 radical (unpaired) electrons. The van der Waals surface area contributed by atoms with Crippen LogP contribution in [-0.2, 0) is 4.79 Å². The molecule has 0 atom stereocenters.